The van der Waals surface area contributed by atoms with E-state index in [4.69, 9.17) is 21.7 Å². The highest BCUT2D eigenvalue weighted by Gasteiger charge is 2.08. The molecule has 0 saturated heterocycles. The summed E-state index contributed by atoms with van der Waals surface area (Å²) in [5.41, 5.74) is 0.678. The van der Waals surface area contributed by atoms with E-state index in [0.29, 0.717) is 22.2 Å². The van der Waals surface area contributed by atoms with Crippen LogP contribution in [0.1, 0.15) is 5.56 Å². The molecule has 0 aliphatic rings. The van der Waals surface area contributed by atoms with E-state index >= 15 is 0 Å². The molecule has 92 valence electrons. The molecule has 2 aromatic rings. The van der Waals surface area contributed by atoms with Gasteiger partial charge in [0, 0.05) is 6.20 Å². The maximum Gasteiger partial charge on any atom is 0.134 e. The molecule has 2 N–H and O–H groups in total. The largest absolute Gasteiger partial charge is 0.496 e. The average Bonchev–Trinajstić information content (AvgIpc) is 2.41. The van der Waals surface area contributed by atoms with Gasteiger partial charge in [-0.1, -0.05) is 23.7 Å². The van der Waals surface area contributed by atoms with Gasteiger partial charge in [-0.2, -0.15) is 0 Å². The van der Waals surface area contributed by atoms with Crippen molar-refractivity contribution in [2.45, 2.75) is 0 Å². The molecule has 0 aliphatic carbocycles. The van der Waals surface area contributed by atoms with Crippen molar-refractivity contribution < 1.29 is 4.74 Å². The summed E-state index contributed by atoms with van der Waals surface area (Å²) >= 11 is 5.75. The first-order valence-corrected chi connectivity index (χ1v) is 5.69. The predicted octanol–water partition coefficient (Wildman–Crippen LogP) is 3.18. The van der Waals surface area contributed by atoms with Crippen LogP contribution in [0.15, 0.2) is 42.6 Å². The van der Waals surface area contributed by atoms with Crippen LogP contribution in [0, 0.1) is 5.41 Å². The molecular formula is C13H12ClN3O. The molecule has 0 atom stereocenters. The molecule has 5 heteroatoms. The average molecular weight is 262 g/mol. The van der Waals surface area contributed by atoms with Gasteiger partial charge in [0.05, 0.1) is 17.7 Å². The summed E-state index contributed by atoms with van der Waals surface area (Å²) in [5, 5.41) is 11.5. The van der Waals surface area contributed by atoms with Crippen molar-refractivity contribution >= 4 is 23.3 Å². The molecule has 1 aromatic carbocycles. The van der Waals surface area contributed by atoms with Crippen LogP contribution in [0.5, 0.6) is 5.75 Å². The molecule has 0 radical (unpaired) electrons. The number of anilines is 1. The summed E-state index contributed by atoms with van der Waals surface area (Å²) in [7, 11) is 1.58. The highest BCUT2D eigenvalue weighted by atomic mass is 35.5. The fourth-order valence-electron chi connectivity index (χ4n) is 1.50. The van der Waals surface area contributed by atoms with Gasteiger partial charge in [0.15, 0.2) is 0 Å². The smallest absolute Gasteiger partial charge is 0.134 e. The number of benzene rings is 1. The van der Waals surface area contributed by atoms with E-state index in [1.165, 1.54) is 6.20 Å². The van der Waals surface area contributed by atoms with Crippen LogP contribution in [-0.2, 0) is 0 Å². The Labute approximate surface area is 110 Å². The number of amidine groups is 1. The van der Waals surface area contributed by atoms with Gasteiger partial charge in [-0.05, 0) is 24.3 Å². The first-order chi connectivity index (χ1) is 8.70. The molecule has 2 rings (SSSR count). The SMILES string of the molecule is COc1ccccc1C(=N)Nc1ccc(Cl)cn1. The van der Waals surface area contributed by atoms with Crippen molar-refractivity contribution in [2.24, 2.45) is 0 Å². The summed E-state index contributed by atoms with van der Waals surface area (Å²) in [6, 6.07) is 10.8. The molecule has 0 amide bonds. The molecule has 0 aliphatic heterocycles. The van der Waals surface area contributed by atoms with E-state index in [0.717, 1.165) is 0 Å². The molecular weight excluding hydrogens is 250 g/mol. The van der Waals surface area contributed by atoms with Crippen molar-refractivity contribution in [1.82, 2.24) is 4.98 Å². The van der Waals surface area contributed by atoms with Crippen LogP contribution in [0.2, 0.25) is 5.02 Å². The first-order valence-electron chi connectivity index (χ1n) is 5.31. The van der Waals surface area contributed by atoms with Crippen LogP contribution in [0.3, 0.4) is 0 Å². The fourth-order valence-corrected chi connectivity index (χ4v) is 1.61. The Balaban J connectivity index is 2.19. The minimum absolute atomic E-state index is 0.224. The number of ether oxygens (including phenoxy) is 1. The lowest BCUT2D eigenvalue weighted by Crippen LogP contribution is -2.13. The lowest BCUT2D eigenvalue weighted by atomic mass is 10.2. The number of pyridine rings is 1. The maximum absolute atomic E-state index is 8.00. The number of hydrogen-bond donors (Lipinski definition) is 2. The molecule has 0 bridgehead atoms. The first kappa shape index (κ1) is 12.4. The maximum atomic E-state index is 8.00. The second-order valence-electron chi connectivity index (χ2n) is 3.56. The second-order valence-corrected chi connectivity index (χ2v) is 4.00. The number of nitrogens with zero attached hydrogens (tertiary/aromatic N) is 1. The number of halogens is 1. The van der Waals surface area contributed by atoms with Gasteiger partial charge in [-0.25, -0.2) is 4.98 Å². The Bertz CT molecular complexity index is 554. The number of aromatic nitrogens is 1. The molecule has 0 saturated carbocycles. The zero-order valence-electron chi connectivity index (χ0n) is 9.77. The third-order valence-electron chi connectivity index (χ3n) is 2.36. The summed E-state index contributed by atoms with van der Waals surface area (Å²) in [5.74, 6) is 1.43. The normalized spacial score (nSPS) is 9.89. The third-order valence-corrected chi connectivity index (χ3v) is 2.58. The third kappa shape index (κ3) is 2.78. The highest BCUT2D eigenvalue weighted by Crippen LogP contribution is 2.18. The number of rotatable bonds is 3. The summed E-state index contributed by atoms with van der Waals surface area (Å²) in [6.07, 6.45) is 1.53. The van der Waals surface area contributed by atoms with E-state index in [2.05, 4.69) is 10.3 Å². The van der Waals surface area contributed by atoms with Crippen molar-refractivity contribution in [3.05, 3.63) is 53.2 Å². The lowest BCUT2D eigenvalue weighted by molar-refractivity contribution is 0.414. The van der Waals surface area contributed by atoms with Gasteiger partial charge >= 0.3 is 0 Å². The Morgan fingerprint density at radius 3 is 2.72 bits per heavy atom. The topological polar surface area (TPSA) is 58.0 Å². The molecule has 0 spiro atoms. The van der Waals surface area contributed by atoms with E-state index in [9.17, 15) is 0 Å². The molecule has 0 fully saturated rings. The van der Waals surface area contributed by atoms with Crippen molar-refractivity contribution in [3.8, 4) is 5.75 Å². The van der Waals surface area contributed by atoms with Crippen molar-refractivity contribution in [2.75, 3.05) is 12.4 Å². The molecule has 1 heterocycles. The van der Waals surface area contributed by atoms with Crippen LogP contribution in [-0.4, -0.2) is 17.9 Å². The second kappa shape index (κ2) is 5.51. The van der Waals surface area contributed by atoms with E-state index in [1.54, 1.807) is 25.3 Å². The predicted molar refractivity (Wildman–Crippen MR) is 72.7 cm³/mol. The fraction of sp³-hybridized carbons (Fsp3) is 0.0769. The molecule has 18 heavy (non-hydrogen) atoms. The minimum Gasteiger partial charge on any atom is -0.496 e. The molecule has 4 nitrogen and oxygen atoms in total. The number of methoxy groups -OCH3 is 1. The summed E-state index contributed by atoms with van der Waals surface area (Å²) in [4.78, 5) is 4.07. The summed E-state index contributed by atoms with van der Waals surface area (Å²) < 4.78 is 5.20. The van der Waals surface area contributed by atoms with Crippen LogP contribution >= 0.6 is 11.6 Å². The van der Waals surface area contributed by atoms with Gasteiger partial charge in [-0.3, -0.25) is 5.41 Å². The van der Waals surface area contributed by atoms with E-state index in [-0.39, 0.29) is 5.84 Å². The zero-order valence-corrected chi connectivity index (χ0v) is 10.5. The Morgan fingerprint density at radius 2 is 2.06 bits per heavy atom. The van der Waals surface area contributed by atoms with Crippen LogP contribution in [0.4, 0.5) is 5.82 Å². The molecule has 1 aromatic heterocycles. The Morgan fingerprint density at radius 1 is 1.28 bits per heavy atom. The van der Waals surface area contributed by atoms with Crippen molar-refractivity contribution in [3.63, 3.8) is 0 Å². The Hall–Kier alpha value is -2.07. The van der Waals surface area contributed by atoms with Gasteiger partial charge < -0.3 is 10.1 Å². The van der Waals surface area contributed by atoms with Gasteiger partial charge in [0.25, 0.3) is 0 Å². The van der Waals surface area contributed by atoms with E-state index in [1.807, 2.05) is 18.2 Å². The van der Waals surface area contributed by atoms with Gasteiger partial charge in [-0.15, -0.1) is 0 Å². The Kier molecular flexibility index (Phi) is 3.79. The standard InChI is InChI=1S/C13H12ClN3O/c1-18-11-5-3-2-4-10(11)13(15)17-12-7-6-9(14)8-16-12/h2-8H,1H3,(H2,15,16,17). The van der Waals surface area contributed by atoms with Gasteiger partial charge in [0.2, 0.25) is 0 Å². The molecule has 0 unspecified atom stereocenters. The highest BCUT2D eigenvalue weighted by molar-refractivity contribution is 6.30. The zero-order chi connectivity index (χ0) is 13.0. The summed E-state index contributed by atoms with van der Waals surface area (Å²) in [6.45, 7) is 0. The van der Waals surface area contributed by atoms with Crippen LogP contribution < -0.4 is 10.1 Å². The number of nitrogens with one attached hydrogen (secondary N) is 2. The lowest BCUT2D eigenvalue weighted by Gasteiger charge is -2.10. The minimum atomic E-state index is 0.224. The quantitative estimate of drug-likeness (QED) is 0.659. The number of hydrogen-bond acceptors (Lipinski definition) is 3. The van der Waals surface area contributed by atoms with E-state index < -0.39 is 0 Å². The monoisotopic (exact) mass is 261 g/mol. The number of para-hydroxylation sites is 1. The van der Waals surface area contributed by atoms with Crippen LogP contribution in [0.25, 0.3) is 0 Å². The van der Waals surface area contributed by atoms with Gasteiger partial charge in [0.1, 0.15) is 17.4 Å². The van der Waals surface area contributed by atoms with Crippen molar-refractivity contribution in [1.29, 1.82) is 5.41 Å².